The molecule has 0 bridgehead atoms. The fourth-order valence-electron chi connectivity index (χ4n) is 2.04. The molecular weight excluding hydrogens is 218 g/mol. The molecule has 1 aliphatic rings. The van der Waals surface area contributed by atoms with Crippen LogP contribution < -0.4 is 5.32 Å². The summed E-state index contributed by atoms with van der Waals surface area (Å²) in [6.45, 7) is 4.30. The Labute approximate surface area is 98.9 Å². The van der Waals surface area contributed by atoms with E-state index in [1.807, 2.05) is 0 Å². The summed E-state index contributed by atoms with van der Waals surface area (Å²) in [5.41, 5.74) is 1.32. The van der Waals surface area contributed by atoms with Crippen LogP contribution in [0.2, 0.25) is 0 Å². The van der Waals surface area contributed by atoms with Crippen LogP contribution in [0.4, 0.5) is 5.82 Å². The van der Waals surface area contributed by atoms with Gasteiger partial charge in [-0.25, -0.2) is 9.97 Å². The van der Waals surface area contributed by atoms with E-state index in [0.29, 0.717) is 6.04 Å². The Bertz CT molecular complexity index is 528. The predicted octanol–water partition coefficient (Wildman–Crippen LogP) is 3.27. The van der Waals surface area contributed by atoms with Crippen LogP contribution in [0.1, 0.15) is 29.7 Å². The smallest absolute Gasteiger partial charge is 0.138 e. The molecule has 0 saturated heterocycles. The lowest BCUT2D eigenvalue weighted by atomic mass is 9.93. The lowest BCUT2D eigenvalue weighted by molar-refractivity contribution is 0.445. The summed E-state index contributed by atoms with van der Waals surface area (Å²) >= 11 is 1.75. The van der Waals surface area contributed by atoms with Crippen LogP contribution in [-0.2, 0) is 0 Å². The number of fused-ring (bicyclic) bond motifs is 1. The summed E-state index contributed by atoms with van der Waals surface area (Å²) in [5.74, 6) is 1.02. The van der Waals surface area contributed by atoms with Gasteiger partial charge in [-0.15, -0.1) is 11.3 Å². The molecule has 2 aromatic rings. The molecule has 1 N–H and O–H groups in total. The van der Waals surface area contributed by atoms with E-state index in [4.69, 9.17) is 0 Å². The van der Waals surface area contributed by atoms with Gasteiger partial charge >= 0.3 is 0 Å². The number of nitrogens with one attached hydrogen (secondary N) is 1. The Morgan fingerprint density at radius 2 is 2.12 bits per heavy atom. The quantitative estimate of drug-likeness (QED) is 0.865. The zero-order valence-corrected chi connectivity index (χ0v) is 10.4. The maximum Gasteiger partial charge on any atom is 0.138 e. The van der Waals surface area contributed by atoms with Crippen LogP contribution >= 0.6 is 11.3 Å². The molecule has 0 unspecified atom stereocenters. The standard InChI is InChI=1S/C12H15N3S/c1-7-8(2)16-12-10(7)11(13-6-14-12)15-9-4-3-5-9/h6,9H,3-5H2,1-2H3,(H,13,14,15). The van der Waals surface area contributed by atoms with E-state index in [1.165, 1.54) is 35.1 Å². The number of aryl methyl sites for hydroxylation is 2. The molecule has 0 spiro atoms. The number of anilines is 1. The largest absolute Gasteiger partial charge is 0.367 e. The lowest BCUT2D eigenvalue weighted by Crippen LogP contribution is -2.27. The minimum atomic E-state index is 0.623. The summed E-state index contributed by atoms with van der Waals surface area (Å²) in [7, 11) is 0. The summed E-state index contributed by atoms with van der Waals surface area (Å²) in [6, 6.07) is 0.623. The van der Waals surface area contributed by atoms with Gasteiger partial charge in [-0.2, -0.15) is 0 Å². The van der Waals surface area contributed by atoms with Gasteiger partial charge < -0.3 is 5.32 Å². The number of hydrogen-bond acceptors (Lipinski definition) is 4. The molecule has 3 rings (SSSR count). The number of thiophene rings is 1. The normalized spacial score (nSPS) is 16.4. The van der Waals surface area contributed by atoms with E-state index in [0.717, 1.165) is 10.6 Å². The van der Waals surface area contributed by atoms with Gasteiger partial charge in [0, 0.05) is 10.9 Å². The van der Waals surface area contributed by atoms with Crippen molar-refractivity contribution >= 4 is 27.4 Å². The van der Waals surface area contributed by atoms with Gasteiger partial charge in [-0.05, 0) is 38.7 Å². The van der Waals surface area contributed by atoms with E-state index in [2.05, 4.69) is 29.1 Å². The lowest BCUT2D eigenvalue weighted by Gasteiger charge is -2.27. The SMILES string of the molecule is Cc1sc2ncnc(NC3CCC3)c2c1C. The third-order valence-corrected chi connectivity index (χ3v) is 4.53. The zero-order valence-electron chi connectivity index (χ0n) is 9.58. The van der Waals surface area contributed by atoms with E-state index >= 15 is 0 Å². The van der Waals surface area contributed by atoms with Gasteiger partial charge in [0.1, 0.15) is 17.0 Å². The highest BCUT2D eigenvalue weighted by Crippen LogP contribution is 2.34. The highest BCUT2D eigenvalue weighted by molar-refractivity contribution is 7.18. The average Bonchev–Trinajstić information content (AvgIpc) is 2.50. The number of hydrogen-bond donors (Lipinski definition) is 1. The van der Waals surface area contributed by atoms with Gasteiger partial charge in [0.2, 0.25) is 0 Å². The monoisotopic (exact) mass is 233 g/mol. The first kappa shape index (κ1) is 10.0. The van der Waals surface area contributed by atoms with Crippen LogP contribution in [0.3, 0.4) is 0 Å². The van der Waals surface area contributed by atoms with Crippen molar-refractivity contribution < 1.29 is 0 Å². The van der Waals surface area contributed by atoms with Gasteiger partial charge in [0.15, 0.2) is 0 Å². The molecule has 1 fully saturated rings. The molecule has 84 valence electrons. The highest BCUT2D eigenvalue weighted by Gasteiger charge is 2.20. The molecule has 1 saturated carbocycles. The summed E-state index contributed by atoms with van der Waals surface area (Å²) in [6.07, 6.45) is 5.55. The van der Waals surface area contributed by atoms with E-state index < -0.39 is 0 Å². The third-order valence-electron chi connectivity index (χ3n) is 3.41. The van der Waals surface area contributed by atoms with Crippen molar-refractivity contribution in [3.05, 3.63) is 16.8 Å². The topological polar surface area (TPSA) is 37.8 Å². The minimum Gasteiger partial charge on any atom is -0.367 e. The van der Waals surface area contributed by atoms with Crippen molar-refractivity contribution in [2.45, 2.75) is 39.2 Å². The van der Waals surface area contributed by atoms with E-state index in [9.17, 15) is 0 Å². The Kier molecular flexibility index (Phi) is 2.32. The Hall–Kier alpha value is -1.16. The fraction of sp³-hybridized carbons (Fsp3) is 0.500. The maximum absolute atomic E-state index is 4.39. The van der Waals surface area contributed by atoms with Crippen molar-refractivity contribution in [2.24, 2.45) is 0 Å². The molecule has 0 radical (unpaired) electrons. The van der Waals surface area contributed by atoms with Crippen molar-refractivity contribution in [2.75, 3.05) is 5.32 Å². The second-order valence-electron chi connectivity index (χ2n) is 4.46. The van der Waals surface area contributed by atoms with Crippen molar-refractivity contribution in [3.63, 3.8) is 0 Å². The molecule has 0 aliphatic heterocycles. The second-order valence-corrected chi connectivity index (χ2v) is 5.66. The van der Waals surface area contributed by atoms with E-state index in [1.54, 1.807) is 17.7 Å². The first-order chi connectivity index (χ1) is 7.75. The van der Waals surface area contributed by atoms with Crippen LogP contribution in [0.5, 0.6) is 0 Å². The maximum atomic E-state index is 4.39. The third kappa shape index (κ3) is 1.48. The predicted molar refractivity (Wildman–Crippen MR) is 68.2 cm³/mol. The number of rotatable bonds is 2. The van der Waals surface area contributed by atoms with E-state index in [-0.39, 0.29) is 0 Å². The van der Waals surface area contributed by atoms with Gasteiger partial charge in [0.25, 0.3) is 0 Å². The molecule has 0 aromatic carbocycles. The molecule has 3 nitrogen and oxygen atoms in total. The van der Waals surface area contributed by atoms with Crippen molar-refractivity contribution in [3.8, 4) is 0 Å². The van der Waals surface area contributed by atoms with Gasteiger partial charge in [-0.3, -0.25) is 0 Å². The van der Waals surface area contributed by atoms with Crippen molar-refractivity contribution in [1.82, 2.24) is 9.97 Å². The number of nitrogens with zero attached hydrogens (tertiary/aromatic N) is 2. The highest BCUT2D eigenvalue weighted by atomic mass is 32.1. The molecule has 4 heteroatoms. The number of aromatic nitrogens is 2. The molecule has 1 aliphatic carbocycles. The first-order valence-electron chi connectivity index (χ1n) is 5.73. The Morgan fingerprint density at radius 1 is 1.31 bits per heavy atom. The first-order valence-corrected chi connectivity index (χ1v) is 6.54. The summed E-state index contributed by atoms with van der Waals surface area (Å²) in [5, 5.41) is 4.75. The molecule has 16 heavy (non-hydrogen) atoms. The summed E-state index contributed by atoms with van der Waals surface area (Å²) in [4.78, 5) is 11.2. The second kappa shape index (κ2) is 3.70. The summed E-state index contributed by atoms with van der Waals surface area (Å²) < 4.78 is 0. The van der Waals surface area contributed by atoms with Crippen LogP contribution in [-0.4, -0.2) is 16.0 Å². The molecule has 0 amide bonds. The molecule has 0 atom stereocenters. The molecule has 2 heterocycles. The van der Waals surface area contributed by atoms with Gasteiger partial charge in [0.05, 0.1) is 5.39 Å². The van der Waals surface area contributed by atoms with Crippen molar-refractivity contribution in [1.29, 1.82) is 0 Å². The Balaban J connectivity index is 2.08. The van der Waals surface area contributed by atoms with Crippen LogP contribution in [0.15, 0.2) is 6.33 Å². The molecular formula is C12H15N3S. The minimum absolute atomic E-state index is 0.623. The molecule has 2 aromatic heterocycles. The fourth-order valence-corrected chi connectivity index (χ4v) is 3.03. The van der Waals surface area contributed by atoms with Crippen LogP contribution in [0.25, 0.3) is 10.2 Å². The Morgan fingerprint density at radius 3 is 2.81 bits per heavy atom. The van der Waals surface area contributed by atoms with Crippen LogP contribution in [0, 0.1) is 13.8 Å². The van der Waals surface area contributed by atoms with Gasteiger partial charge in [-0.1, -0.05) is 0 Å². The zero-order chi connectivity index (χ0) is 11.1. The average molecular weight is 233 g/mol.